The van der Waals surface area contributed by atoms with Gasteiger partial charge in [-0.05, 0) is 24.3 Å². The summed E-state index contributed by atoms with van der Waals surface area (Å²) in [6.45, 7) is 0. The molecule has 0 atom stereocenters. The molecule has 0 radical (unpaired) electrons. The number of carbonyl (C=O) groups is 1. The maximum atomic E-state index is 13.0. The van der Waals surface area contributed by atoms with Gasteiger partial charge in [-0.15, -0.1) is 0 Å². The summed E-state index contributed by atoms with van der Waals surface area (Å²) in [6, 6.07) is 13.6. The number of fused-ring (bicyclic) bond motifs is 1. The zero-order chi connectivity index (χ0) is 16.4. The second kappa shape index (κ2) is 5.72. The van der Waals surface area contributed by atoms with Gasteiger partial charge in [-0.3, -0.25) is 9.78 Å². The minimum Gasteiger partial charge on any atom is -0.321 e. The van der Waals surface area contributed by atoms with Crippen molar-refractivity contribution in [2.75, 3.05) is 5.32 Å². The molecule has 1 heterocycles. The molecule has 116 valence electrons. The Morgan fingerprint density at radius 1 is 1.00 bits per heavy atom. The lowest BCUT2D eigenvalue weighted by molar-refractivity contribution is -0.137. The van der Waals surface area contributed by atoms with E-state index in [1.54, 1.807) is 12.1 Å². The average Bonchev–Trinajstić information content (AvgIpc) is 2.54. The monoisotopic (exact) mass is 316 g/mol. The molecule has 0 fully saturated rings. The number of aromatic nitrogens is 1. The zero-order valence-corrected chi connectivity index (χ0v) is 11.8. The van der Waals surface area contributed by atoms with Crippen molar-refractivity contribution in [3.63, 3.8) is 0 Å². The number of para-hydroxylation sites is 1. The topological polar surface area (TPSA) is 42.0 Å². The Morgan fingerprint density at radius 3 is 2.48 bits per heavy atom. The quantitative estimate of drug-likeness (QED) is 0.756. The molecule has 3 aromatic rings. The van der Waals surface area contributed by atoms with E-state index in [1.165, 1.54) is 18.3 Å². The van der Waals surface area contributed by atoms with Crippen molar-refractivity contribution < 1.29 is 18.0 Å². The number of nitrogens with zero attached hydrogens (tertiary/aromatic N) is 1. The van der Waals surface area contributed by atoms with Crippen LogP contribution in [0.2, 0.25) is 0 Å². The maximum absolute atomic E-state index is 13.0. The van der Waals surface area contributed by atoms with Gasteiger partial charge >= 0.3 is 6.18 Å². The Morgan fingerprint density at radius 2 is 1.70 bits per heavy atom. The third-order valence-corrected chi connectivity index (χ3v) is 3.33. The first-order valence-electron chi connectivity index (χ1n) is 6.77. The minimum atomic E-state index is -4.59. The smallest absolute Gasteiger partial charge is 0.321 e. The van der Waals surface area contributed by atoms with Crippen LogP contribution in [0.4, 0.5) is 18.9 Å². The van der Waals surface area contributed by atoms with E-state index < -0.39 is 23.2 Å². The van der Waals surface area contributed by atoms with E-state index in [0.717, 1.165) is 23.0 Å². The molecule has 0 spiro atoms. The van der Waals surface area contributed by atoms with E-state index in [-0.39, 0.29) is 0 Å². The van der Waals surface area contributed by atoms with Crippen molar-refractivity contribution in [3.8, 4) is 0 Å². The van der Waals surface area contributed by atoms with Crippen LogP contribution in [0.3, 0.4) is 0 Å². The van der Waals surface area contributed by atoms with E-state index in [4.69, 9.17) is 0 Å². The molecular formula is C17H11F3N2O. The summed E-state index contributed by atoms with van der Waals surface area (Å²) in [4.78, 5) is 16.3. The first-order chi connectivity index (χ1) is 10.9. The van der Waals surface area contributed by atoms with E-state index in [9.17, 15) is 18.0 Å². The van der Waals surface area contributed by atoms with Gasteiger partial charge < -0.3 is 5.32 Å². The van der Waals surface area contributed by atoms with Gasteiger partial charge in [-0.1, -0.05) is 30.3 Å². The summed E-state index contributed by atoms with van der Waals surface area (Å²) in [5.41, 5.74) is -0.314. The fourth-order valence-corrected chi connectivity index (χ4v) is 2.27. The summed E-state index contributed by atoms with van der Waals surface area (Å²) in [7, 11) is 0. The summed E-state index contributed by atoms with van der Waals surface area (Å²) in [5.74, 6) is -0.824. The van der Waals surface area contributed by atoms with Gasteiger partial charge in [0, 0.05) is 5.39 Å². The number of hydrogen-bond acceptors (Lipinski definition) is 2. The van der Waals surface area contributed by atoms with E-state index in [2.05, 4.69) is 10.3 Å². The number of alkyl halides is 3. The van der Waals surface area contributed by atoms with E-state index in [1.807, 2.05) is 18.2 Å². The number of halogens is 3. The molecule has 0 saturated heterocycles. The molecule has 0 aliphatic carbocycles. The molecule has 3 rings (SSSR count). The third-order valence-electron chi connectivity index (χ3n) is 3.33. The molecule has 1 N–H and O–H groups in total. The highest BCUT2D eigenvalue weighted by atomic mass is 19.4. The summed E-state index contributed by atoms with van der Waals surface area (Å²) in [6.07, 6.45) is -3.17. The number of anilines is 1. The Kier molecular flexibility index (Phi) is 3.73. The van der Waals surface area contributed by atoms with Crippen molar-refractivity contribution in [2.45, 2.75) is 6.18 Å². The number of carbonyl (C=O) groups excluding carboxylic acids is 1. The number of nitrogens with one attached hydrogen (secondary N) is 1. The van der Waals surface area contributed by atoms with Crippen LogP contribution in [0.15, 0.2) is 60.8 Å². The molecule has 0 aliphatic heterocycles. The Hall–Kier alpha value is -2.89. The molecular weight excluding hydrogens is 305 g/mol. The van der Waals surface area contributed by atoms with Gasteiger partial charge in [0.05, 0.1) is 28.5 Å². The van der Waals surface area contributed by atoms with Gasteiger partial charge in [0.15, 0.2) is 0 Å². The summed E-state index contributed by atoms with van der Waals surface area (Å²) >= 11 is 0. The van der Waals surface area contributed by atoms with Crippen LogP contribution in [0, 0.1) is 0 Å². The predicted molar refractivity (Wildman–Crippen MR) is 81.1 cm³/mol. The molecule has 0 unspecified atom stereocenters. The van der Waals surface area contributed by atoms with Crippen LogP contribution < -0.4 is 5.32 Å². The Bertz CT molecular complexity index is 875. The lowest BCUT2D eigenvalue weighted by Crippen LogP contribution is -2.18. The molecule has 2 aromatic carbocycles. The summed E-state index contributed by atoms with van der Waals surface area (Å²) < 4.78 is 38.9. The van der Waals surface area contributed by atoms with Crippen molar-refractivity contribution in [3.05, 3.63) is 71.9 Å². The van der Waals surface area contributed by atoms with Crippen LogP contribution in [0.1, 0.15) is 15.9 Å². The summed E-state index contributed by atoms with van der Waals surface area (Å²) in [5, 5.41) is 3.25. The Balaban J connectivity index is 1.92. The second-order valence-corrected chi connectivity index (χ2v) is 4.91. The fraction of sp³-hybridized carbons (Fsp3) is 0.0588. The van der Waals surface area contributed by atoms with Crippen molar-refractivity contribution in [1.82, 2.24) is 4.98 Å². The SMILES string of the molecule is O=C(Nc1cnc2ccccc2c1)c1ccccc1C(F)(F)F. The predicted octanol–water partition coefficient (Wildman–Crippen LogP) is 4.51. The highest BCUT2D eigenvalue weighted by Gasteiger charge is 2.34. The molecule has 0 aliphatic rings. The first kappa shape index (κ1) is 15.0. The van der Waals surface area contributed by atoms with Crippen LogP contribution in [-0.4, -0.2) is 10.9 Å². The number of benzene rings is 2. The average molecular weight is 316 g/mol. The van der Waals surface area contributed by atoms with E-state index >= 15 is 0 Å². The minimum absolute atomic E-state index is 0.339. The molecule has 3 nitrogen and oxygen atoms in total. The van der Waals surface area contributed by atoms with Crippen LogP contribution in [0.25, 0.3) is 10.9 Å². The third kappa shape index (κ3) is 3.15. The van der Waals surface area contributed by atoms with Crippen LogP contribution >= 0.6 is 0 Å². The number of amides is 1. The largest absolute Gasteiger partial charge is 0.417 e. The number of hydrogen-bond donors (Lipinski definition) is 1. The second-order valence-electron chi connectivity index (χ2n) is 4.91. The number of pyridine rings is 1. The van der Waals surface area contributed by atoms with Gasteiger partial charge in [0.25, 0.3) is 5.91 Å². The fourth-order valence-electron chi connectivity index (χ4n) is 2.27. The standard InChI is InChI=1S/C17H11F3N2O/c18-17(19,20)14-7-3-2-6-13(14)16(23)22-12-9-11-5-1-4-8-15(11)21-10-12/h1-10H,(H,22,23). The Labute approximate surface area is 129 Å². The maximum Gasteiger partial charge on any atom is 0.417 e. The highest BCUT2D eigenvalue weighted by molar-refractivity contribution is 6.06. The van der Waals surface area contributed by atoms with Gasteiger partial charge in [-0.2, -0.15) is 13.2 Å². The molecule has 1 amide bonds. The number of rotatable bonds is 2. The van der Waals surface area contributed by atoms with Crippen molar-refractivity contribution >= 4 is 22.5 Å². The lowest BCUT2D eigenvalue weighted by Gasteiger charge is -2.12. The van der Waals surface area contributed by atoms with Crippen molar-refractivity contribution in [2.24, 2.45) is 0 Å². The highest BCUT2D eigenvalue weighted by Crippen LogP contribution is 2.32. The van der Waals surface area contributed by atoms with Gasteiger partial charge in [-0.25, -0.2) is 0 Å². The first-order valence-corrected chi connectivity index (χ1v) is 6.77. The van der Waals surface area contributed by atoms with Crippen LogP contribution in [0.5, 0.6) is 0 Å². The van der Waals surface area contributed by atoms with Gasteiger partial charge in [0.2, 0.25) is 0 Å². The normalized spacial score (nSPS) is 11.4. The molecule has 0 bridgehead atoms. The van der Waals surface area contributed by atoms with Crippen LogP contribution in [-0.2, 0) is 6.18 Å². The lowest BCUT2D eigenvalue weighted by atomic mass is 10.1. The van der Waals surface area contributed by atoms with Gasteiger partial charge in [0.1, 0.15) is 0 Å². The molecule has 23 heavy (non-hydrogen) atoms. The molecule has 6 heteroatoms. The van der Waals surface area contributed by atoms with Crippen molar-refractivity contribution in [1.29, 1.82) is 0 Å². The molecule has 1 aromatic heterocycles. The molecule has 0 saturated carbocycles. The van der Waals surface area contributed by atoms with E-state index in [0.29, 0.717) is 5.69 Å². The zero-order valence-electron chi connectivity index (χ0n) is 11.8.